The Morgan fingerprint density at radius 2 is 0.622 bits per heavy atom. The zero-order valence-electron chi connectivity index (χ0n) is 62.8. The van der Waals surface area contributed by atoms with Crippen molar-refractivity contribution in [2.45, 2.75) is 270 Å². The molecule has 0 spiro atoms. The van der Waals surface area contributed by atoms with Crippen LogP contribution in [0.1, 0.15) is 82.6 Å². The number of hydrogen-bond donors (Lipinski definition) is 1. The van der Waals surface area contributed by atoms with Gasteiger partial charge in [-0.1, -0.05) is 78.4 Å². The van der Waals surface area contributed by atoms with Crippen molar-refractivity contribution >= 4 is 310 Å². The number of alkyl halides is 4. The SMILES string of the molecule is C=CC[Si](C)(C)Cl.C=CC[Si](C)(C)Cl.C=C[CH2-].CC(Cl)C[Si](C)(C)Cl.CC(Cl)C[Si](C)(C)Cl.CCO.CCO[Si](C)(C)CC(C)CC(C)C[Si](C)(C)OCC.CCO[Si](C)(C)CC(C)Cl.CCO[Si](C)(C)CC(C)Cl.C[Si](C)(Cl)Cl.Cl.S=S=S=S=S.[Cl-].[Mg+2].[Na][Na]. The van der Waals surface area contributed by atoms with Gasteiger partial charge in [-0.2, -0.15) is 44.3 Å². The van der Waals surface area contributed by atoms with Gasteiger partial charge in [-0.15, -0.1) is 94.1 Å². The number of aliphatic hydroxyl groups is 1. The summed E-state index contributed by atoms with van der Waals surface area (Å²) in [6.45, 7) is 77.2. The molecule has 0 aromatic rings. The molecular weight excluding hydrogens is 1660 g/mol. The van der Waals surface area contributed by atoms with Gasteiger partial charge in [-0.3, -0.25) is 0 Å². The Kier molecular flexibility index (Phi) is 123. The van der Waals surface area contributed by atoms with Crippen molar-refractivity contribution in [2.75, 3.05) is 33.0 Å². The van der Waals surface area contributed by atoms with Gasteiger partial charge in [0.2, 0.25) is 6.69 Å². The Morgan fingerprint density at radius 1 is 0.456 bits per heavy atom. The monoisotopic (exact) mass is 1790 g/mol. The summed E-state index contributed by atoms with van der Waals surface area (Å²) in [5.41, 5.74) is 0. The summed E-state index contributed by atoms with van der Waals surface area (Å²) in [4.78, 5) is 0. The average molecular weight is 1800 g/mol. The summed E-state index contributed by atoms with van der Waals surface area (Å²) in [5, 5.41) is 8.57. The normalized spacial score (nSPS) is 12.9. The van der Waals surface area contributed by atoms with Gasteiger partial charge in [0.05, 0.1) is 0 Å². The molecule has 0 radical (unpaired) electrons. The van der Waals surface area contributed by atoms with Crippen LogP contribution in [0, 0.1) is 18.8 Å². The van der Waals surface area contributed by atoms with Crippen LogP contribution < -0.4 is 12.4 Å². The fraction of sp³-hybridized carbons (Fsp3) is 0.875. The average Bonchev–Trinajstić information content (AvgIpc) is 3.22. The predicted octanol–water partition coefficient (Wildman–Crippen LogP) is 21.6. The molecule has 5 nitrogen and oxygen atoms in total. The van der Waals surface area contributed by atoms with Crippen molar-refractivity contribution in [3.8, 4) is 0 Å². The molecule has 0 amide bonds. The Morgan fingerprint density at radius 3 is 0.700 bits per heavy atom. The summed E-state index contributed by atoms with van der Waals surface area (Å²) < 4.78 is 23.1. The van der Waals surface area contributed by atoms with Gasteiger partial charge in [0.15, 0.2) is 62.8 Å². The van der Waals surface area contributed by atoms with E-state index < -0.39 is 69.5 Å². The number of halogens is 12. The second kappa shape index (κ2) is 82.8. The van der Waals surface area contributed by atoms with Gasteiger partial charge in [0.25, 0.3) is 0 Å². The van der Waals surface area contributed by atoms with Crippen LogP contribution in [0.2, 0.25) is 166 Å². The second-order valence-electron chi connectivity index (χ2n) is 25.6. The minimum absolute atomic E-state index is 0. The van der Waals surface area contributed by atoms with E-state index in [4.69, 9.17) is 136 Å². The van der Waals surface area contributed by atoms with Gasteiger partial charge in [-0.25, -0.2) is 19.6 Å². The molecule has 0 aromatic carbocycles. The molecule has 6 atom stereocenters. The first-order valence-electron chi connectivity index (χ1n) is 30.5. The van der Waals surface area contributed by atoms with Gasteiger partial charge in [0, 0.05) is 104 Å². The van der Waals surface area contributed by atoms with Crippen molar-refractivity contribution in [3.05, 3.63) is 44.9 Å². The first-order valence-corrected chi connectivity index (χ1v) is 79.9. The van der Waals surface area contributed by atoms with E-state index >= 15 is 0 Å². The summed E-state index contributed by atoms with van der Waals surface area (Å²) in [5.74, 6) is 1.55. The number of hydrogen-bond acceptors (Lipinski definition) is 7. The van der Waals surface area contributed by atoms with Crippen LogP contribution in [0.5, 0.6) is 0 Å². The van der Waals surface area contributed by atoms with Crippen molar-refractivity contribution in [1.82, 2.24) is 0 Å². The zero-order valence-corrected chi connectivity index (χ0v) is 90.4. The summed E-state index contributed by atoms with van der Waals surface area (Å²) in [6, 6.07) is 8.66. The molecule has 0 aliphatic carbocycles. The third kappa shape index (κ3) is 187. The van der Waals surface area contributed by atoms with Crippen LogP contribution in [-0.2, 0) is 66.7 Å². The van der Waals surface area contributed by atoms with E-state index in [1.807, 2.05) is 66.8 Å². The quantitative estimate of drug-likeness (QED) is 0.0304. The van der Waals surface area contributed by atoms with E-state index in [0.717, 1.165) is 74.5 Å². The van der Waals surface area contributed by atoms with Gasteiger partial charge in [0.1, 0.15) is 0 Å². The van der Waals surface area contributed by atoms with E-state index in [1.165, 1.54) is 94.8 Å². The van der Waals surface area contributed by atoms with Gasteiger partial charge < -0.3 is 35.2 Å². The number of aliphatic hydroxyl groups excluding tert-OH is 1. The molecule has 6 unspecified atom stereocenters. The molecule has 0 heterocycles. The van der Waals surface area contributed by atoms with E-state index in [-0.39, 0.29) is 76.0 Å². The van der Waals surface area contributed by atoms with Crippen LogP contribution in [0.15, 0.2) is 38.0 Å². The maximum absolute atomic E-state index is 7.57. The fourth-order valence-corrected chi connectivity index (χ4v) is 31.6. The molecule has 0 rings (SSSR count). The van der Waals surface area contributed by atoms with E-state index in [0.29, 0.717) is 0 Å². The van der Waals surface area contributed by atoms with Crippen LogP contribution >= 0.6 is 125 Å². The molecule has 0 fully saturated rings. The Hall–Kier alpha value is 8.19. The van der Waals surface area contributed by atoms with E-state index in [1.54, 1.807) is 6.92 Å². The molecule has 1 N–H and O–H groups in total. The Bertz CT molecular complexity index is 1530. The minimum atomic E-state index is -1.67. The maximum atomic E-state index is 7.57. The molecule has 0 aromatic heterocycles. The van der Waals surface area contributed by atoms with Crippen LogP contribution in [0.25, 0.3) is 0 Å². The molecule has 0 saturated heterocycles. The van der Waals surface area contributed by atoms with Crippen molar-refractivity contribution in [2.24, 2.45) is 11.8 Å². The van der Waals surface area contributed by atoms with E-state index in [9.17, 15) is 0 Å². The van der Waals surface area contributed by atoms with E-state index in [2.05, 4.69) is 181 Å². The van der Waals surface area contributed by atoms with Gasteiger partial charge in [-0.05, 0) is 194 Å². The number of rotatable bonds is 26. The second-order valence-corrected chi connectivity index (χ2v) is 87.3. The summed E-state index contributed by atoms with van der Waals surface area (Å²) in [6.07, 6.45) is 6.59. The summed E-state index contributed by atoms with van der Waals surface area (Å²) in [7, 11) is -7.07. The molecule has 0 saturated carbocycles. The standard InChI is InChI=1S/C15H36O2Si2.2C7H17ClOSi.2C5H12Cl2Si.2C5H11ClSi.C3H5.C2H6Cl2Si.C2H6O.2ClH.Mg.2Na.S5/c1-9-16-18(5,6)12-14(3)11-15(4)13-19(7,8)17-10-2;2*1-5-9-10(3,4)6-7(2)8;2*1-5(6)4-8(2,3)7;2*1-4-5-7(2,3)6;1-3-2;1-5(2,3)4;1-2-3;;;;;;1-3-5-4-2/h14-15H,9-13H2,1-8H3;2*7H,5-6H2,1-4H3;2*5H,4H2,1-3H3;2*4H,1,5H2,2-3H3;3H,1-2H2;1-2H3;3H,2H2,1H3;2*1H;;;;/q;;;;;;;-1;;;;;+2;;;/p-1. The van der Waals surface area contributed by atoms with Crippen LogP contribution in [0.3, 0.4) is 0 Å². The fourth-order valence-electron chi connectivity index (χ4n) is 7.72. The van der Waals surface area contributed by atoms with Crippen molar-refractivity contribution in [3.63, 3.8) is 0 Å². The molecular formula is C56H134Cl12MgNa2O5S5Si9. The Labute approximate surface area is 695 Å². The van der Waals surface area contributed by atoms with Crippen LogP contribution in [-0.4, -0.2) is 196 Å². The molecule has 0 aliphatic heterocycles. The molecule has 90 heavy (non-hydrogen) atoms. The third-order valence-electron chi connectivity index (χ3n) is 9.02. The molecule has 34 heteroatoms. The number of allylic oxidation sites excluding steroid dienone is 3. The zero-order chi connectivity index (χ0) is 72.9. The van der Waals surface area contributed by atoms with Gasteiger partial charge >= 0.3 is 66.7 Å². The van der Waals surface area contributed by atoms with Crippen molar-refractivity contribution < 1.29 is 35.2 Å². The van der Waals surface area contributed by atoms with Crippen molar-refractivity contribution in [1.29, 1.82) is 0 Å². The topological polar surface area (TPSA) is 57.2 Å². The molecule has 0 aliphatic rings. The Balaban J connectivity index is -0.0000000545. The first-order chi connectivity index (χ1) is 38.8. The summed E-state index contributed by atoms with van der Waals surface area (Å²) >= 11 is 69.5. The first kappa shape index (κ1) is 134. The molecule has 542 valence electrons. The third-order valence-corrected chi connectivity index (χ3v) is 33.5. The predicted molar refractivity (Wildman–Crippen MR) is 472 cm³/mol. The molecule has 0 bridgehead atoms. The van der Waals surface area contributed by atoms with Crippen LogP contribution in [0.4, 0.5) is 0 Å².